The highest BCUT2D eigenvalue weighted by atomic mass is 35.5. The Balaban J connectivity index is 0.814. The number of carbonyl (C=O) groups excluding carboxylic acids is 5. The van der Waals surface area contributed by atoms with Gasteiger partial charge in [0.1, 0.15) is 35.1 Å². The van der Waals surface area contributed by atoms with Crippen molar-refractivity contribution in [1.29, 1.82) is 0 Å². The highest BCUT2D eigenvalue weighted by molar-refractivity contribution is 7.99. The number of rotatable bonds is 18. The van der Waals surface area contributed by atoms with Crippen LogP contribution in [0.5, 0.6) is 5.75 Å². The number of thiazole rings is 1. The van der Waals surface area contributed by atoms with Crippen LogP contribution in [0.1, 0.15) is 96.7 Å². The van der Waals surface area contributed by atoms with Crippen LogP contribution in [0.15, 0.2) is 64.2 Å². The van der Waals surface area contributed by atoms with Crippen molar-refractivity contribution >= 4 is 75.7 Å². The van der Waals surface area contributed by atoms with Gasteiger partial charge in [-0.3, -0.25) is 24.0 Å². The van der Waals surface area contributed by atoms with E-state index in [-0.39, 0.29) is 56.0 Å². The van der Waals surface area contributed by atoms with E-state index in [4.69, 9.17) is 22.1 Å². The van der Waals surface area contributed by atoms with Crippen LogP contribution < -0.4 is 31.3 Å². The van der Waals surface area contributed by atoms with Crippen molar-refractivity contribution in [2.75, 3.05) is 56.1 Å². The number of piperidine rings is 2. The summed E-state index contributed by atoms with van der Waals surface area (Å²) in [6, 6.07) is 8.97. The molecule has 4 fully saturated rings. The number of nitrogens with two attached hydrogens (primary N) is 1. The van der Waals surface area contributed by atoms with Crippen molar-refractivity contribution in [2.24, 2.45) is 22.5 Å². The van der Waals surface area contributed by atoms with Crippen LogP contribution in [-0.2, 0) is 30.5 Å². The molecule has 1 aliphatic carbocycles. The van der Waals surface area contributed by atoms with Crippen molar-refractivity contribution in [3.63, 3.8) is 0 Å². The molecule has 2 unspecified atom stereocenters. The molecule has 1 saturated carbocycles. The summed E-state index contributed by atoms with van der Waals surface area (Å²) in [7, 11) is 0. The molecule has 4 aliphatic rings. The number of hydrogen-bond acceptors (Lipinski definition) is 14. The molecule has 0 radical (unpaired) electrons. The van der Waals surface area contributed by atoms with Crippen molar-refractivity contribution in [3.8, 4) is 16.2 Å². The van der Waals surface area contributed by atoms with Gasteiger partial charge in [0, 0.05) is 56.1 Å². The number of aliphatic hydroxyl groups is 1. The van der Waals surface area contributed by atoms with Crippen LogP contribution in [0.25, 0.3) is 10.4 Å². The molecule has 3 saturated heterocycles. The fourth-order valence-electron chi connectivity index (χ4n) is 9.63. The number of halogens is 2. The Bertz CT molecular complexity index is 2690. The maximum absolute atomic E-state index is 14.7. The van der Waals surface area contributed by atoms with Gasteiger partial charge in [-0.25, -0.2) is 19.3 Å². The van der Waals surface area contributed by atoms with E-state index in [1.54, 1.807) is 55.7 Å². The molecule has 21 heteroatoms. The summed E-state index contributed by atoms with van der Waals surface area (Å²) >= 11 is 9.62. The summed E-state index contributed by atoms with van der Waals surface area (Å²) in [4.78, 5) is 87.7. The molecule has 0 spiro atoms. The van der Waals surface area contributed by atoms with E-state index in [0.29, 0.717) is 64.6 Å². The largest absolute Gasteiger partial charge is 0.493 e. The Morgan fingerprint density at radius 3 is 2.42 bits per heavy atom. The van der Waals surface area contributed by atoms with Crippen LogP contribution in [0, 0.1) is 23.7 Å². The number of ether oxygens (including phenoxy) is 1. The highest BCUT2D eigenvalue weighted by Gasteiger charge is 2.53. The van der Waals surface area contributed by atoms with Gasteiger partial charge in [-0.2, -0.15) is 0 Å². The molecule has 17 nitrogen and oxygen atoms in total. The first kappa shape index (κ1) is 54.8. The molecule has 2 aromatic heterocycles. The number of nitrogens with zero attached hydrogens (tertiary/aromatic N) is 6. The zero-order valence-electron chi connectivity index (χ0n) is 42.8. The number of amides is 5. The van der Waals surface area contributed by atoms with Crippen LogP contribution in [0.4, 0.5) is 15.9 Å². The van der Waals surface area contributed by atoms with Crippen molar-refractivity contribution in [3.05, 3.63) is 70.6 Å². The smallest absolute Gasteiger partial charge is 0.258 e. The predicted molar refractivity (Wildman–Crippen MR) is 284 cm³/mol. The first-order valence-corrected chi connectivity index (χ1v) is 27.5. The van der Waals surface area contributed by atoms with E-state index in [2.05, 4.69) is 42.7 Å². The number of aliphatic hydroxyl groups excluding tert-OH is 1. The maximum Gasteiger partial charge on any atom is 0.258 e. The maximum atomic E-state index is 14.7. The number of β-amino-alcohol motifs (C(OH)–C–C–N with tert-alkyl or cyclic N) is 1. The number of anilines is 2. The molecular formula is C53H68ClFN10O7S2. The second-order valence-corrected chi connectivity index (χ2v) is 23.9. The average molecular weight is 1080 g/mol. The third-order valence-corrected chi connectivity index (χ3v) is 17.3. The first-order chi connectivity index (χ1) is 35.2. The Labute approximate surface area is 445 Å². The molecule has 4 aromatic rings. The summed E-state index contributed by atoms with van der Waals surface area (Å²) in [5.41, 5.74) is 8.02. The van der Waals surface area contributed by atoms with Gasteiger partial charge in [0.2, 0.25) is 23.6 Å². The van der Waals surface area contributed by atoms with Gasteiger partial charge < -0.3 is 46.2 Å². The number of nitrogens with one attached hydrogen (secondary N) is 3. The molecule has 0 bridgehead atoms. The van der Waals surface area contributed by atoms with Gasteiger partial charge in [-0.05, 0) is 98.9 Å². The molecule has 398 valence electrons. The zero-order valence-corrected chi connectivity index (χ0v) is 45.1. The fourth-order valence-corrected chi connectivity index (χ4v) is 11.5. The minimum Gasteiger partial charge on any atom is -0.493 e. The lowest BCUT2D eigenvalue weighted by Crippen LogP contribution is -2.59. The van der Waals surface area contributed by atoms with Crippen LogP contribution in [0.3, 0.4) is 0 Å². The summed E-state index contributed by atoms with van der Waals surface area (Å²) < 4.78 is 21.1. The second kappa shape index (κ2) is 23.2. The lowest BCUT2D eigenvalue weighted by Gasteiger charge is -2.39. The number of aromatic nitrogens is 3. The van der Waals surface area contributed by atoms with E-state index in [9.17, 15) is 33.5 Å². The summed E-state index contributed by atoms with van der Waals surface area (Å²) in [6.07, 6.45) is 6.57. The van der Waals surface area contributed by atoms with Crippen LogP contribution >= 0.6 is 34.7 Å². The Morgan fingerprint density at radius 2 is 1.77 bits per heavy atom. The number of carbonyl (C=O) groups is 5. The Hall–Kier alpha value is -5.41. The van der Waals surface area contributed by atoms with Gasteiger partial charge in [0.05, 0.1) is 51.9 Å². The molecule has 6 N–H and O–H groups in total. The average Bonchev–Trinajstić information content (AvgIpc) is 3.78. The number of aryl methyl sites for hydroxylation is 1. The standard InChI is InChI=1S/C53H68ClFN10O7S2/c1-32-46(73-31-60-32)34-9-10-35(26-59-48(69)38-24-36(66)29-65(38)49(70)47(51(2,3)4)62-50(71)53(55)14-15-53)39(23-34)72-22-13-33-11-18-64(19-12-33)44(68)25-42(67)61-37-7-6-8-40(45(37)54)74-43-28-57-41(27-58-43)63-20-16-52(5,30-56)17-21-63/h6-10,23,27-28,31,33,36,38,47,66H,11-22,24-26,29-30,56H2,1-5H3,(H,59,69)(H,61,67)(H,62,71)/t36?,38?,47-/m1/s1. The molecule has 8 rings (SSSR count). The molecule has 2 aromatic carbocycles. The molecular weight excluding hydrogens is 1010 g/mol. The van der Waals surface area contributed by atoms with Gasteiger partial charge in [-0.15, -0.1) is 11.3 Å². The van der Waals surface area contributed by atoms with Crippen LogP contribution in [-0.4, -0.2) is 129 Å². The third-order valence-electron chi connectivity index (χ3n) is 14.8. The number of alkyl halides is 1. The Kier molecular flexibility index (Phi) is 17.2. The molecule has 3 atom stereocenters. The second-order valence-electron chi connectivity index (χ2n) is 21.6. The number of benzene rings is 2. The lowest BCUT2D eigenvalue weighted by atomic mass is 9.80. The van der Waals surface area contributed by atoms with Crippen molar-refractivity contribution in [1.82, 2.24) is 35.4 Å². The predicted octanol–water partition coefficient (Wildman–Crippen LogP) is 6.93. The minimum atomic E-state index is -1.99. The van der Waals surface area contributed by atoms with E-state index >= 15 is 0 Å². The van der Waals surface area contributed by atoms with E-state index in [1.165, 1.54) is 28.0 Å². The van der Waals surface area contributed by atoms with E-state index in [0.717, 1.165) is 60.7 Å². The summed E-state index contributed by atoms with van der Waals surface area (Å²) in [6.45, 7) is 13.2. The highest BCUT2D eigenvalue weighted by Crippen LogP contribution is 2.41. The normalized spacial score (nSPS) is 19.9. The minimum absolute atomic E-state index is 0.00588. The monoisotopic (exact) mass is 1070 g/mol. The fraction of sp³-hybridized carbons (Fsp3) is 0.547. The molecule has 5 amide bonds. The summed E-state index contributed by atoms with van der Waals surface area (Å²) in [5.74, 6) is -0.943. The van der Waals surface area contributed by atoms with Gasteiger partial charge in [-0.1, -0.05) is 69.3 Å². The van der Waals surface area contributed by atoms with Crippen molar-refractivity contribution in [2.45, 2.75) is 133 Å². The Morgan fingerprint density at radius 1 is 1.03 bits per heavy atom. The van der Waals surface area contributed by atoms with E-state index in [1.807, 2.05) is 31.2 Å². The molecule has 74 heavy (non-hydrogen) atoms. The van der Waals surface area contributed by atoms with Gasteiger partial charge in [0.25, 0.3) is 5.91 Å². The number of likely N-dealkylation sites (tertiary alicyclic amines) is 2. The summed E-state index contributed by atoms with van der Waals surface area (Å²) in [5, 5.41) is 20.1. The van der Waals surface area contributed by atoms with Gasteiger partial charge in [0.15, 0.2) is 5.67 Å². The van der Waals surface area contributed by atoms with Crippen molar-refractivity contribution < 1.29 is 38.2 Å². The van der Waals surface area contributed by atoms with E-state index < -0.39 is 52.9 Å². The number of hydrogen-bond donors (Lipinski definition) is 5. The third kappa shape index (κ3) is 13.3. The topological polar surface area (TPSA) is 225 Å². The SMILES string of the molecule is Cc1ncsc1-c1ccc(CNC(=O)C2CC(O)CN2C(=O)[C@@H](NC(=O)C2(F)CC2)C(C)(C)C)c(OCCC2CCN(C(=O)CC(=O)Nc3cccc(Sc4cnc(N5CCC(C)(CN)CC5)cn4)c3Cl)CC2)c1. The van der Waals surface area contributed by atoms with Crippen LogP contribution in [0.2, 0.25) is 5.02 Å². The molecule has 5 heterocycles. The van der Waals surface area contributed by atoms with Gasteiger partial charge >= 0.3 is 0 Å². The first-order valence-electron chi connectivity index (χ1n) is 25.5. The zero-order chi connectivity index (χ0) is 53.0. The molecule has 3 aliphatic heterocycles. The lowest BCUT2D eigenvalue weighted by molar-refractivity contribution is -0.145. The quantitative estimate of drug-likeness (QED) is 0.0639.